The average molecular weight is 447 g/mol. The highest BCUT2D eigenvalue weighted by Crippen LogP contribution is 2.27. The number of benzene rings is 1. The summed E-state index contributed by atoms with van der Waals surface area (Å²) in [6, 6.07) is 3.66. The maximum atomic E-state index is 12.2. The van der Waals surface area contributed by atoms with Crippen LogP contribution in [0.5, 0.6) is 0 Å². The van der Waals surface area contributed by atoms with Crippen molar-refractivity contribution in [2.24, 2.45) is 0 Å². The molecule has 0 radical (unpaired) electrons. The molecule has 0 saturated carbocycles. The Labute approximate surface area is 145 Å². The van der Waals surface area contributed by atoms with Crippen LogP contribution < -0.4 is 5.56 Å². The second-order valence-corrected chi connectivity index (χ2v) is 8.19. The van der Waals surface area contributed by atoms with E-state index in [9.17, 15) is 4.79 Å². The molecule has 0 aliphatic carbocycles. The van der Waals surface area contributed by atoms with Crippen molar-refractivity contribution in [2.45, 2.75) is 17.0 Å². The Balaban J connectivity index is 1.95. The summed E-state index contributed by atoms with van der Waals surface area (Å²) in [7, 11) is 0. The Morgan fingerprint density at radius 3 is 2.86 bits per heavy atom. The molecule has 0 spiro atoms. The normalized spacial score (nSPS) is 11.2. The Hall–Kier alpha value is -0.700. The third kappa shape index (κ3) is 3.39. The molecule has 8 heteroatoms. The zero-order valence-electron chi connectivity index (χ0n) is 10.8. The Morgan fingerprint density at radius 1 is 1.33 bits per heavy atom. The predicted octanol–water partition coefficient (Wildman–Crippen LogP) is 4.51. The van der Waals surface area contributed by atoms with Crippen LogP contribution >= 0.6 is 55.0 Å². The van der Waals surface area contributed by atoms with E-state index in [0.717, 1.165) is 19.0 Å². The third-order valence-electron chi connectivity index (χ3n) is 2.71. The second-order valence-electron chi connectivity index (χ2n) is 4.34. The van der Waals surface area contributed by atoms with Gasteiger partial charge in [-0.1, -0.05) is 27.7 Å². The van der Waals surface area contributed by atoms with E-state index in [0.29, 0.717) is 22.5 Å². The summed E-state index contributed by atoms with van der Waals surface area (Å²) in [5.74, 6) is 1.23. The number of fused-ring (bicyclic) bond motifs is 1. The van der Waals surface area contributed by atoms with Crippen LogP contribution in [-0.2, 0) is 5.75 Å². The quantitative estimate of drug-likeness (QED) is 0.601. The summed E-state index contributed by atoms with van der Waals surface area (Å²) < 4.78 is 2.62. The zero-order chi connectivity index (χ0) is 15.0. The number of aromatic amines is 1. The molecule has 108 valence electrons. The third-order valence-corrected chi connectivity index (χ3v) is 5.92. The minimum atomic E-state index is -0.132. The lowest BCUT2D eigenvalue weighted by atomic mass is 10.2. The summed E-state index contributed by atoms with van der Waals surface area (Å²) in [5, 5.41) is 2.57. The molecule has 0 bridgehead atoms. The van der Waals surface area contributed by atoms with E-state index < -0.39 is 0 Å². The van der Waals surface area contributed by atoms with Crippen LogP contribution in [0.4, 0.5) is 0 Å². The smallest absolute Gasteiger partial charge is 0.258 e. The fourth-order valence-corrected chi connectivity index (χ4v) is 4.84. The number of hydrogen-bond acceptors (Lipinski definition) is 5. The first-order valence-electron chi connectivity index (χ1n) is 5.96. The lowest BCUT2D eigenvalue weighted by Gasteiger charge is -2.04. The second kappa shape index (κ2) is 6.20. The van der Waals surface area contributed by atoms with Crippen LogP contribution in [0.25, 0.3) is 10.9 Å². The van der Waals surface area contributed by atoms with Gasteiger partial charge in [-0.05, 0) is 35.0 Å². The van der Waals surface area contributed by atoms with Crippen LogP contribution in [0.2, 0.25) is 0 Å². The van der Waals surface area contributed by atoms with Crippen molar-refractivity contribution in [1.29, 1.82) is 0 Å². The number of thioether (sulfide) groups is 1. The summed E-state index contributed by atoms with van der Waals surface area (Å²) in [6.07, 6.45) is 0. The molecule has 4 nitrogen and oxygen atoms in total. The summed E-state index contributed by atoms with van der Waals surface area (Å²) in [6.45, 7) is 1.96. The Kier molecular flexibility index (Phi) is 4.49. The van der Waals surface area contributed by atoms with Gasteiger partial charge in [-0.3, -0.25) is 4.79 Å². The largest absolute Gasteiger partial charge is 0.309 e. The van der Waals surface area contributed by atoms with E-state index in [1.54, 1.807) is 29.2 Å². The SMILES string of the molecule is Cc1csc(SCc2nc3c(Br)cc(Br)cc3c(=O)[nH]2)n1. The van der Waals surface area contributed by atoms with Crippen LogP contribution in [-0.4, -0.2) is 15.0 Å². The van der Waals surface area contributed by atoms with Gasteiger partial charge in [-0.15, -0.1) is 11.3 Å². The zero-order valence-corrected chi connectivity index (χ0v) is 15.6. The molecule has 0 saturated heterocycles. The van der Waals surface area contributed by atoms with E-state index in [4.69, 9.17) is 0 Å². The minimum Gasteiger partial charge on any atom is -0.309 e. The average Bonchev–Trinajstić information content (AvgIpc) is 2.83. The van der Waals surface area contributed by atoms with Gasteiger partial charge in [0.2, 0.25) is 0 Å². The molecule has 0 fully saturated rings. The van der Waals surface area contributed by atoms with Crippen LogP contribution in [0.15, 0.2) is 35.6 Å². The number of aryl methyl sites for hydroxylation is 1. The maximum Gasteiger partial charge on any atom is 0.258 e. The van der Waals surface area contributed by atoms with Crippen molar-refractivity contribution in [3.8, 4) is 0 Å². The molecule has 3 rings (SSSR count). The summed E-state index contributed by atoms with van der Waals surface area (Å²) in [5.41, 5.74) is 1.55. The topological polar surface area (TPSA) is 58.6 Å². The highest BCUT2D eigenvalue weighted by atomic mass is 79.9. The van der Waals surface area contributed by atoms with Crippen LogP contribution in [0, 0.1) is 6.92 Å². The molecule has 1 aromatic carbocycles. The molecule has 2 heterocycles. The Morgan fingerprint density at radius 2 is 2.14 bits per heavy atom. The van der Waals surface area contributed by atoms with Crippen molar-refractivity contribution >= 4 is 65.9 Å². The van der Waals surface area contributed by atoms with Gasteiger partial charge in [-0.2, -0.15) is 0 Å². The van der Waals surface area contributed by atoms with Gasteiger partial charge in [0.1, 0.15) is 5.82 Å². The monoisotopic (exact) mass is 445 g/mol. The van der Waals surface area contributed by atoms with Crippen LogP contribution in [0.1, 0.15) is 11.5 Å². The van der Waals surface area contributed by atoms with E-state index in [2.05, 4.69) is 46.8 Å². The first-order chi connectivity index (χ1) is 10.0. The summed E-state index contributed by atoms with van der Waals surface area (Å²) in [4.78, 5) is 23.9. The highest BCUT2D eigenvalue weighted by Gasteiger charge is 2.09. The molecule has 0 unspecified atom stereocenters. The predicted molar refractivity (Wildman–Crippen MR) is 94.2 cm³/mol. The number of rotatable bonds is 3. The van der Waals surface area contributed by atoms with Crippen molar-refractivity contribution < 1.29 is 0 Å². The standard InChI is InChI=1S/C13H9Br2N3OS2/c1-6-4-20-13(16-6)21-5-10-17-11-8(12(19)18-10)2-7(14)3-9(11)15/h2-4H,5H2,1H3,(H,17,18,19). The van der Waals surface area contributed by atoms with Crippen molar-refractivity contribution in [3.63, 3.8) is 0 Å². The van der Waals surface area contributed by atoms with Gasteiger partial charge < -0.3 is 4.98 Å². The van der Waals surface area contributed by atoms with Gasteiger partial charge in [0.15, 0.2) is 4.34 Å². The lowest BCUT2D eigenvalue weighted by molar-refractivity contribution is 1.03. The van der Waals surface area contributed by atoms with E-state index >= 15 is 0 Å². The molecular formula is C13H9Br2N3OS2. The molecular weight excluding hydrogens is 438 g/mol. The molecule has 21 heavy (non-hydrogen) atoms. The lowest BCUT2D eigenvalue weighted by Crippen LogP contribution is -2.11. The Bertz CT molecular complexity index is 875. The molecule has 1 N–H and O–H groups in total. The summed E-state index contributed by atoms with van der Waals surface area (Å²) >= 11 is 10.0. The number of thiazole rings is 1. The fourth-order valence-electron chi connectivity index (χ4n) is 1.81. The van der Waals surface area contributed by atoms with Crippen LogP contribution in [0.3, 0.4) is 0 Å². The molecule has 3 aromatic rings. The van der Waals surface area contributed by atoms with Gasteiger partial charge in [0.05, 0.1) is 16.7 Å². The highest BCUT2D eigenvalue weighted by molar-refractivity contribution is 9.11. The maximum absolute atomic E-state index is 12.2. The first kappa shape index (κ1) is 15.2. The number of nitrogens with one attached hydrogen (secondary N) is 1. The van der Waals surface area contributed by atoms with Gasteiger partial charge >= 0.3 is 0 Å². The molecule has 2 aromatic heterocycles. The number of aromatic nitrogens is 3. The molecule has 0 aliphatic rings. The van der Waals surface area contributed by atoms with Crippen molar-refractivity contribution in [2.75, 3.05) is 0 Å². The van der Waals surface area contributed by atoms with E-state index in [1.807, 2.05) is 18.4 Å². The van der Waals surface area contributed by atoms with Gasteiger partial charge in [0.25, 0.3) is 5.56 Å². The number of nitrogens with zero attached hydrogens (tertiary/aromatic N) is 2. The van der Waals surface area contributed by atoms with E-state index in [1.165, 1.54) is 0 Å². The first-order valence-corrected chi connectivity index (χ1v) is 9.41. The van der Waals surface area contributed by atoms with E-state index in [-0.39, 0.29) is 5.56 Å². The van der Waals surface area contributed by atoms with Crippen molar-refractivity contribution in [1.82, 2.24) is 15.0 Å². The number of halogens is 2. The van der Waals surface area contributed by atoms with Gasteiger partial charge in [0, 0.05) is 20.0 Å². The fraction of sp³-hybridized carbons (Fsp3) is 0.154. The molecule has 0 aliphatic heterocycles. The van der Waals surface area contributed by atoms with Crippen molar-refractivity contribution in [3.05, 3.63) is 48.3 Å². The van der Waals surface area contributed by atoms with Gasteiger partial charge in [-0.25, -0.2) is 9.97 Å². The minimum absolute atomic E-state index is 0.132. The molecule has 0 atom stereocenters. The number of hydrogen-bond donors (Lipinski definition) is 1. The molecule has 0 amide bonds. The number of H-pyrrole nitrogens is 1.